The van der Waals surface area contributed by atoms with Crippen LogP contribution < -0.4 is 9.46 Å². The molecule has 1 fully saturated rings. The molecular weight excluding hydrogens is 463 g/mol. The highest BCUT2D eigenvalue weighted by Gasteiger charge is 2.16. The van der Waals surface area contributed by atoms with Gasteiger partial charge in [0.05, 0.1) is 15.6 Å². The Balaban J connectivity index is 1.61. The predicted molar refractivity (Wildman–Crippen MR) is 111 cm³/mol. The lowest BCUT2D eigenvalue weighted by Gasteiger charge is -2.14. The van der Waals surface area contributed by atoms with Gasteiger partial charge in [-0.15, -0.1) is 0 Å². The van der Waals surface area contributed by atoms with Crippen LogP contribution in [0.4, 0.5) is 0 Å². The van der Waals surface area contributed by atoms with Crippen molar-refractivity contribution in [1.29, 1.82) is 0 Å². The van der Waals surface area contributed by atoms with Crippen LogP contribution in [-0.4, -0.2) is 33.5 Å². The fraction of sp³-hybridized carbons (Fsp3) is 0.368. The van der Waals surface area contributed by atoms with E-state index >= 15 is 0 Å². The molecule has 0 atom stereocenters. The number of ether oxygens (including phenoxy) is 1. The van der Waals surface area contributed by atoms with Crippen molar-refractivity contribution in [2.45, 2.75) is 30.8 Å². The molecule has 1 heterocycles. The molecule has 7 heteroatoms. The van der Waals surface area contributed by atoms with Gasteiger partial charge in [0.15, 0.2) is 0 Å². The smallest absolute Gasteiger partial charge is 0.240 e. The molecule has 0 saturated carbocycles. The topological polar surface area (TPSA) is 58.6 Å². The van der Waals surface area contributed by atoms with Gasteiger partial charge in [0.25, 0.3) is 0 Å². The van der Waals surface area contributed by atoms with Crippen molar-refractivity contribution in [2.24, 2.45) is 0 Å². The van der Waals surface area contributed by atoms with Crippen LogP contribution in [0.15, 0.2) is 47.4 Å². The van der Waals surface area contributed by atoms with E-state index < -0.39 is 10.0 Å². The second-order valence-corrected chi connectivity index (χ2v) is 9.35. The molecule has 0 unspecified atom stereocenters. The molecule has 2 aromatic carbocycles. The third-order valence-electron chi connectivity index (χ3n) is 4.53. The predicted octanol–water partition coefficient (Wildman–Crippen LogP) is 3.37. The Morgan fingerprint density at radius 3 is 2.35 bits per heavy atom. The summed E-state index contributed by atoms with van der Waals surface area (Å²) in [6.45, 7) is 3.58. The highest BCUT2D eigenvalue weighted by molar-refractivity contribution is 14.1. The van der Waals surface area contributed by atoms with Gasteiger partial charge in [0, 0.05) is 13.1 Å². The van der Waals surface area contributed by atoms with Crippen LogP contribution in [0.2, 0.25) is 0 Å². The van der Waals surface area contributed by atoms with Crippen molar-refractivity contribution >= 4 is 32.6 Å². The number of sulfonamides is 1. The van der Waals surface area contributed by atoms with Crippen LogP contribution in [-0.2, 0) is 23.1 Å². The number of hydrogen-bond acceptors (Lipinski definition) is 4. The molecule has 3 rings (SSSR count). The van der Waals surface area contributed by atoms with Crippen molar-refractivity contribution in [3.63, 3.8) is 0 Å². The highest BCUT2D eigenvalue weighted by atomic mass is 127. The minimum Gasteiger partial charge on any atom is -0.496 e. The SMILES string of the molecule is COc1ccc(S(=O)(=O)NCc2ccc(CN3CCCC3)cc2)cc1I. The van der Waals surface area contributed by atoms with E-state index in [2.05, 4.69) is 44.3 Å². The Morgan fingerprint density at radius 1 is 1.08 bits per heavy atom. The van der Waals surface area contributed by atoms with Gasteiger partial charge >= 0.3 is 0 Å². The van der Waals surface area contributed by atoms with Crippen LogP contribution in [0.3, 0.4) is 0 Å². The summed E-state index contributed by atoms with van der Waals surface area (Å²) in [6.07, 6.45) is 2.56. The molecule has 140 valence electrons. The number of nitrogens with one attached hydrogen (secondary N) is 1. The number of halogens is 1. The molecule has 1 aliphatic rings. The minimum atomic E-state index is -3.55. The average molecular weight is 486 g/mol. The molecule has 0 aliphatic carbocycles. The molecule has 26 heavy (non-hydrogen) atoms. The van der Waals surface area contributed by atoms with Crippen LogP contribution >= 0.6 is 22.6 Å². The summed E-state index contributed by atoms with van der Waals surface area (Å²) in [5, 5.41) is 0. The van der Waals surface area contributed by atoms with E-state index in [9.17, 15) is 8.42 Å². The maximum absolute atomic E-state index is 12.5. The fourth-order valence-electron chi connectivity index (χ4n) is 3.04. The third-order valence-corrected chi connectivity index (χ3v) is 6.77. The maximum Gasteiger partial charge on any atom is 0.240 e. The van der Waals surface area contributed by atoms with Crippen LogP contribution in [0.25, 0.3) is 0 Å². The molecule has 1 N–H and O–H groups in total. The zero-order valence-electron chi connectivity index (χ0n) is 14.7. The fourth-order valence-corrected chi connectivity index (χ4v) is 5.03. The number of benzene rings is 2. The van der Waals surface area contributed by atoms with Crippen molar-refractivity contribution in [3.8, 4) is 5.75 Å². The summed E-state index contributed by atoms with van der Waals surface area (Å²) in [7, 11) is -1.99. The lowest BCUT2D eigenvalue weighted by atomic mass is 10.1. The van der Waals surface area contributed by atoms with E-state index in [-0.39, 0.29) is 11.4 Å². The number of rotatable bonds is 7. The van der Waals surface area contributed by atoms with E-state index in [0.29, 0.717) is 5.75 Å². The van der Waals surface area contributed by atoms with Crippen molar-refractivity contribution in [2.75, 3.05) is 20.2 Å². The Hall–Kier alpha value is -1.16. The lowest BCUT2D eigenvalue weighted by Crippen LogP contribution is -2.23. The summed E-state index contributed by atoms with van der Waals surface area (Å²) in [6, 6.07) is 13.0. The molecule has 1 saturated heterocycles. The van der Waals surface area contributed by atoms with E-state index in [1.54, 1.807) is 25.3 Å². The maximum atomic E-state index is 12.5. The average Bonchev–Trinajstić information content (AvgIpc) is 3.14. The highest BCUT2D eigenvalue weighted by Crippen LogP contribution is 2.24. The number of nitrogens with zero attached hydrogens (tertiary/aromatic N) is 1. The lowest BCUT2D eigenvalue weighted by molar-refractivity contribution is 0.331. The number of likely N-dealkylation sites (tertiary alicyclic amines) is 1. The zero-order chi connectivity index (χ0) is 18.6. The monoisotopic (exact) mass is 486 g/mol. The Morgan fingerprint density at radius 2 is 1.73 bits per heavy atom. The quantitative estimate of drug-likeness (QED) is 0.610. The normalized spacial score (nSPS) is 15.3. The second-order valence-electron chi connectivity index (χ2n) is 6.42. The molecule has 1 aliphatic heterocycles. The molecule has 0 aromatic heterocycles. The summed E-state index contributed by atoms with van der Waals surface area (Å²) >= 11 is 2.07. The molecule has 5 nitrogen and oxygen atoms in total. The van der Waals surface area contributed by atoms with Crippen LogP contribution in [0.1, 0.15) is 24.0 Å². The van der Waals surface area contributed by atoms with Crippen molar-refractivity contribution < 1.29 is 13.2 Å². The molecule has 0 amide bonds. The largest absolute Gasteiger partial charge is 0.496 e. The van der Waals surface area contributed by atoms with Crippen molar-refractivity contribution in [1.82, 2.24) is 9.62 Å². The summed E-state index contributed by atoms with van der Waals surface area (Å²) in [5.74, 6) is 0.665. The first kappa shape index (κ1) is 19.6. The minimum absolute atomic E-state index is 0.244. The first-order valence-electron chi connectivity index (χ1n) is 8.61. The van der Waals surface area contributed by atoms with E-state index in [1.165, 1.54) is 31.5 Å². The Labute approximate surface area is 168 Å². The van der Waals surface area contributed by atoms with Gasteiger partial charge in [-0.2, -0.15) is 0 Å². The van der Waals surface area contributed by atoms with Gasteiger partial charge < -0.3 is 4.74 Å². The molecule has 0 radical (unpaired) electrons. The standard InChI is InChI=1S/C19H23IN2O3S/c1-25-19-9-8-17(12-18(19)20)26(23,24)21-13-15-4-6-16(7-5-15)14-22-10-2-3-11-22/h4-9,12,21H,2-3,10-11,13-14H2,1H3. The summed E-state index contributed by atoms with van der Waals surface area (Å²) in [4.78, 5) is 2.69. The number of hydrogen-bond donors (Lipinski definition) is 1. The van der Waals surface area contributed by atoms with E-state index in [4.69, 9.17) is 4.74 Å². The Kier molecular flexibility index (Phi) is 6.55. The molecule has 2 aromatic rings. The molecule has 0 spiro atoms. The van der Waals surface area contributed by atoms with Crippen LogP contribution in [0, 0.1) is 3.57 Å². The van der Waals surface area contributed by atoms with Gasteiger partial charge in [0.1, 0.15) is 5.75 Å². The number of methoxy groups -OCH3 is 1. The first-order valence-corrected chi connectivity index (χ1v) is 11.2. The van der Waals surface area contributed by atoms with Gasteiger partial charge in [-0.25, -0.2) is 13.1 Å². The van der Waals surface area contributed by atoms with Crippen molar-refractivity contribution in [3.05, 3.63) is 57.2 Å². The van der Waals surface area contributed by atoms with E-state index in [1.807, 2.05) is 12.1 Å². The third kappa shape index (κ3) is 4.97. The second kappa shape index (κ2) is 8.69. The summed E-state index contributed by atoms with van der Waals surface area (Å²) in [5.41, 5.74) is 2.21. The van der Waals surface area contributed by atoms with Gasteiger partial charge in [-0.1, -0.05) is 24.3 Å². The zero-order valence-corrected chi connectivity index (χ0v) is 17.7. The van der Waals surface area contributed by atoms with Gasteiger partial charge in [-0.05, 0) is 77.8 Å². The van der Waals surface area contributed by atoms with Crippen LogP contribution in [0.5, 0.6) is 5.75 Å². The first-order chi connectivity index (χ1) is 12.5. The Bertz CT molecular complexity index is 848. The van der Waals surface area contributed by atoms with Gasteiger partial charge in [-0.3, -0.25) is 4.90 Å². The molecular formula is C19H23IN2O3S. The summed E-state index contributed by atoms with van der Waals surface area (Å²) < 4.78 is 33.6. The van der Waals surface area contributed by atoms with E-state index in [0.717, 1.165) is 15.7 Å². The molecule has 0 bridgehead atoms. The van der Waals surface area contributed by atoms with Gasteiger partial charge in [0.2, 0.25) is 10.0 Å².